The monoisotopic (exact) mass is 323 g/mol. The van der Waals surface area contributed by atoms with E-state index in [1.165, 1.54) is 11.1 Å². The molecule has 0 amide bonds. The zero-order valence-corrected chi connectivity index (χ0v) is 13.8. The van der Waals surface area contributed by atoms with Crippen molar-refractivity contribution in [2.75, 3.05) is 6.54 Å². The Morgan fingerprint density at radius 2 is 1.35 bits per heavy atom. The minimum absolute atomic E-state index is 0.442. The average molecular weight is 323 g/mol. The van der Waals surface area contributed by atoms with Crippen LogP contribution in [0.15, 0.2) is 78.2 Å². The molecule has 0 saturated heterocycles. The molecule has 0 spiro atoms. The number of benzene rings is 2. The first-order chi connectivity index (χ1) is 11.3. The molecule has 1 unspecified atom stereocenters. The Bertz CT molecular complexity index is 641. The van der Waals surface area contributed by atoms with Gasteiger partial charge < -0.3 is 5.11 Å². The number of rotatable bonds is 7. The molecule has 0 fully saturated rings. The maximum Gasteiger partial charge on any atom is 0.101 e. The second kappa shape index (κ2) is 8.06. The number of hydrogen-bond donors (Lipinski definition) is 1. The van der Waals surface area contributed by atoms with Crippen LogP contribution in [0.25, 0.3) is 0 Å². The van der Waals surface area contributed by atoms with Crippen molar-refractivity contribution in [2.45, 2.75) is 19.2 Å². The first kappa shape index (κ1) is 15.9. The molecule has 0 aliphatic heterocycles. The molecule has 3 heteroatoms. The van der Waals surface area contributed by atoms with E-state index in [-0.39, 0.29) is 0 Å². The zero-order valence-electron chi connectivity index (χ0n) is 13.0. The number of aliphatic hydroxyl groups excluding tert-OH is 1. The Labute approximate surface area is 141 Å². The fourth-order valence-corrected chi connectivity index (χ4v) is 3.39. The van der Waals surface area contributed by atoms with Crippen LogP contribution in [0, 0.1) is 0 Å². The van der Waals surface area contributed by atoms with Crippen LogP contribution < -0.4 is 0 Å². The third kappa shape index (κ3) is 4.76. The maximum atomic E-state index is 10.5. The predicted octanol–water partition coefficient (Wildman–Crippen LogP) is 4.48. The van der Waals surface area contributed by atoms with Gasteiger partial charge in [0.05, 0.1) is 0 Å². The number of aliphatic hydroxyl groups is 1. The number of thiophene rings is 1. The van der Waals surface area contributed by atoms with Crippen LogP contribution in [0.5, 0.6) is 0 Å². The second-order valence-corrected chi connectivity index (χ2v) is 6.65. The summed E-state index contributed by atoms with van der Waals surface area (Å²) in [5, 5.41) is 12.5. The van der Waals surface area contributed by atoms with Crippen molar-refractivity contribution in [3.05, 3.63) is 94.2 Å². The minimum atomic E-state index is -0.442. The molecule has 118 valence electrons. The van der Waals surface area contributed by atoms with Crippen LogP contribution >= 0.6 is 11.3 Å². The summed E-state index contributed by atoms with van der Waals surface area (Å²) in [4.78, 5) is 3.32. The molecule has 1 heterocycles. The smallest absolute Gasteiger partial charge is 0.101 e. The molecule has 23 heavy (non-hydrogen) atoms. The fourth-order valence-electron chi connectivity index (χ4n) is 2.68. The van der Waals surface area contributed by atoms with Crippen LogP contribution in [-0.4, -0.2) is 16.6 Å². The molecule has 0 radical (unpaired) electrons. The van der Waals surface area contributed by atoms with E-state index in [1.54, 1.807) is 11.3 Å². The Kier molecular flexibility index (Phi) is 5.59. The van der Waals surface area contributed by atoms with Gasteiger partial charge in [-0.15, -0.1) is 11.3 Å². The van der Waals surface area contributed by atoms with E-state index in [0.717, 1.165) is 18.0 Å². The summed E-state index contributed by atoms with van der Waals surface area (Å²) in [6, 6.07) is 24.8. The first-order valence-electron chi connectivity index (χ1n) is 7.83. The Morgan fingerprint density at radius 3 is 1.83 bits per heavy atom. The van der Waals surface area contributed by atoms with Crippen LogP contribution in [0.1, 0.15) is 22.1 Å². The highest BCUT2D eigenvalue weighted by Gasteiger charge is 2.15. The molecule has 2 nitrogen and oxygen atoms in total. The summed E-state index contributed by atoms with van der Waals surface area (Å²) in [5.41, 5.74) is 2.53. The maximum absolute atomic E-state index is 10.5. The van der Waals surface area contributed by atoms with Crippen LogP contribution in [0.3, 0.4) is 0 Å². The molecule has 0 aliphatic rings. The van der Waals surface area contributed by atoms with Crippen molar-refractivity contribution in [2.24, 2.45) is 0 Å². The van der Waals surface area contributed by atoms with Gasteiger partial charge in [0.1, 0.15) is 6.10 Å². The number of hydrogen-bond acceptors (Lipinski definition) is 3. The Morgan fingerprint density at radius 1 is 0.783 bits per heavy atom. The van der Waals surface area contributed by atoms with Crippen molar-refractivity contribution in [1.82, 2.24) is 4.90 Å². The van der Waals surface area contributed by atoms with Crippen LogP contribution in [0.2, 0.25) is 0 Å². The Hall–Kier alpha value is -1.94. The summed E-state index contributed by atoms with van der Waals surface area (Å²) in [6.07, 6.45) is -0.442. The highest BCUT2D eigenvalue weighted by Crippen LogP contribution is 2.21. The summed E-state index contributed by atoms with van der Waals surface area (Å²) in [5.74, 6) is 0. The molecule has 1 N–H and O–H groups in total. The van der Waals surface area contributed by atoms with Gasteiger partial charge in [0.2, 0.25) is 0 Å². The second-order valence-electron chi connectivity index (χ2n) is 5.67. The van der Waals surface area contributed by atoms with Crippen molar-refractivity contribution >= 4 is 11.3 Å². The summed E-state index contributed by atoms with van der Waals surface area (Å²) in [6.45, 7) is 2.29. The van der Waals surface area contributed by atoms with Gasteiger partial charge in [-0.25, -0.2) is 0 Å². The molecule has 3 aromatic rings. The van der Waals surface area contributed by atoms with Crippen molar-refractivity contribution in [3.63, 3.8) is 0 Å². The van der Waals surface area contributed by atoms with Gasteiger partial charge in [0.15, 0.2) is 0 Å². The van der Waals surface area contributed by atoms with Crippen LogP contribution in [0.4, 0.5) is 0 Å². The van der Waals surface area contributed by atoms with Gasteiger partial charge in [0, 0.05) is 24.5 Å². The van der Waals surface area contributed by atoms with E-state index in [0.29, 0.717) is 6.54 Å². The lowest BCUT2D eigenvalue weighted by molar-refractivity contribution is 0.107. The third-order valence-corrected chi connectivity index (χ3v) is 4.77. The molecule has 1 aromatic heterocycles. The van der Waals surface area contributed by atoms with Gasteiger partial charge in [0.25, 0.3) is 0 Å². The molecular formula is C20H21NOS. The largest absolute Gasteiger partial charge is 0.386 e. The predicted molar refractivity (Wildman–Crippen MR) is 96.3 cm³/mol. The summed E-state index contributed by atoms with van der Waals surface area (Å²) < 4.78 is 0. The van der Waals surface area contributed by atoms with Gasteiger partial charge in [-0.3, -0.25) is 4.90 Å². The van der Waals surface area contributed by atoms with Crippen LogP contribution in [-0.2, 0) is 13.1 Å². The fraction of sp³-hybridized carbons (Fsp3) is 0.200. The minimum Gasteiger partial charge on any atom is -0.386 e. The molecule has 1 atom stereocenters. The topological polar surface area (TPSA) is 23.5 Å². The molecule has 3 rings (SSSR count). The number of nitrogens with zero attached hydrogens (tertiary/aromatic N) is 1. The van der Waals surface area contributed by atoms with Gasteiger partial charge >= 0.3 is 0 Å². The van der Waals surface area contributed by atoms with Crippen molar-refractivity contribution in [1.29, 1.82) is 0 Å². The molecule has 0 saturated carbocycles. The van der Waals surface area contributed by atoms with E-state index in [1.807, 2.05) is 29.6 Å². The zero-order chi connectivity index (χ0) is 15.9. The molecule has 0 aliphatic carbocycles. The standard InChI is InChI=1S/C20H21NOS/c22-19(20-12-7-13-23-20)16-21(14-17-8-3-1-4-9-17)15-18-10-5-2-6-11-18/h1-13,19,22H,14-16H2. The highest BCUT2D eigenvalue weighted by molar-refractivity contribution is 7.10. The first-order valence-corrected chi connectivity index (χ1v) is 8.71. The van der Waals surface area contributed by atoms with Gasteiger partial charge in [-0.2, -0.15) is 0 Å². The normalized spacial score (nSPS) is 12.4. The van der Waals surface area contributed by atoms with Crippen molar-refractivity contribution in [3.8, 4) is 0 Å². The Balaban J connectivity index is 1.72. The van der Waals surface area contributed by atoms with E-state index >= 15 is 0 Å². The van der Waals surface area contributed by atoms with Gasteiger partial charge in [-0.05, 0) is 22.6 Å². The summed E-state index contributed by atoms with van der Waals surface area (Å²) >= 11 is 1.61. The lowest BCUT2D eigenvalue weighted by atomic mass is 10.1. The molecule has 0 bridgehead atoms. The van der Waals surface area contributed by atoms with E-state index in [9.17, 15) is 5.11 Å². The van der Waals surface area contributed by atoms with Gasteiger partial charge in [-0.1, -0.05) is 66.7 Å². The quantitative estimate of drug-likeness (QED) is 0.693. The molecule has 2 aromatic carbocycles. The average Bonchev–Trinajstić information content (AvgIpc) is 3.11. The van der Waals surface area contributed by atoms with E-state index in [4.69, 9.17) is 0 Å². The van der Waals surface area contributed by atoms with E-state index in [2.05, 4.69) is 53.4 Å². The van der Waals surface area contributed by atoms with Crippen molar-refractivity contribution < 1.29 is 5.11 Å². The third-order valence-electron chi connectivity index (χ3n) is 3.80. The molecular weight excluding hydrogens is 302 g/mol. The SMILES string of the molecule is OC(CN(Cc1ccccc1)Cc1ccccc1)c1cccs1. The lowest BCUT2D eigenvalue weighted by Crippen LogP contribution is -2.27. The lowest BCUT2D eigenvalue weighted by Gasteiger charge is -2.25. The highest BCUT2D eigenvalue weighted by atomic mass is 32.1. The van der Waals surface area contributed by atoms with E-state index < -0.39 is 6.10 Å². The summed E-state index contributed by atoms with van der Waals surface area (Å²) in [7, 11) is 0.